The molecule has 0 spiro atoms. The first kappa shape index (κ1) is 34.7. The minimum atomic E-state index is -4.19. The maximum Gasteiger partial charge on any atom is 0.264 e. The lowest BCUT2D eigenvalue weighted by molar-refractivity contribution is -0.140. The summed E-state index contributed by atoms with van der Waals surface area (Å²) in [5.74, 6) is -0.997. The molecule has 0 fully saturated rings. The highest BCUT2D eigenvalue weighted by Crippen LogP contribution is 2.29. The Kier molecular flexibility index (Phi) is 11.6. The number of halogens is 3. The average Bonchev–Trinajstić information content (AvgIpc) is 2.99. The second-order valence-electron chi connectivity index (χ2n) is 11.5. The van der Waals surface area contributed by atoms with Gasteiger partial charge in [0.2, 0.25) is 11.8 Å². The molecule has 0 bridgehead atoms. The third-order valence-electron chi connectivity index (χ3n) is 6.88. The van der Waals surface area contributed by atoms with Crippen LogP contribution < -0.4 is 9.62 Å². The minimum absolute atomic E-state index is 0.0309. The van der Waals surface area contributed by atoms with Gasteiger partial charge in [-0.3, -0.25) is 13.9 Å². The molecule has 11 heteroatoms. The molecule has 0 aliphatic carbocycles. The van der Waals surface area contributed by atoms with Crippen molar-refractivity contribution in [1.29, 1.82) is 0 Å². The molecule has 0 saturated carbocycles. The molecule has 0 aliphatic heterocycles. The first-order valence-electron chi connectivity index (χ1n) is 14.2. The molecule has 236 valence electrons. The van der Waals surface area contributed by atoms with Gasteiger partial charge in [0.15, 0.2) is 0 Å². The number of hydrogen-bond donors (Lipinski definition) is 1. The second kappa shape index (κ2) is 15.0. The largest absolute Gasteiger partial charge is 0.350 e. The molecule has 0 heterocycles. The summed E-state index contributed by atoms with van der Waals surface area (Å²) in [6.07, 6.45) is 0.172. The van der Waals surface area contributed by atoms with Crippen LogP contribution in [0.1, 0.15) is 31.9 Å². The molecule has 0 aliphatic rings. The van der Waals surface area contributed by atoms with E-state index in [-0.39, 0.29) is 17.9 Å². The predicted octanol–water partition coefficient (Wildman–Crippen LogP) is 7.35. The third-order valence-corrected chi connectivity index (χ3v) is 10.1. The van der Waals surface area contributed by atoms with Crippen molar-refractivity contribution in [3.05, 3.63) is 128 Å². The number of amides is 2. The van der Waals surface area contributed by atoms with Crippen LogP contribution in [0, 0.1) is 3.57 Å². The van der Waals surface area contributed by atoms with E-state index in [1.54, 1.807) is 60.7 Å². The number of sulfonamides is 1. The van der Waals surface area contributed by atoms with Crippen molar-refractivity contribution in [2.45, 2.75) is 50.2 Å². The van der Waals surface area contributed by atoms with Crippen molar-refractivity contribution < 1.29 is 18.0 Å². The molecule has 4 rings (SSSR count). The minimum Gasteiger partial charge on any atom is -0.350 e. The van der Waals surface area contributed by atoms with Crippen LogP contribution in [-0.4, -0.2) is 43.3 Å². The van der Waals surface area contributed by atoms with E-state index in [0.29, 0.717) is 21.3 Å². The summed E-state index contributed by atoms with van der Waals surface area (Å²) >= 11 is 15.3. The number of benzene rings is 4. The van der Waals surface area contributed by atoms with E-state index in [1.165, 1.54) is 17.0 Å². The van der Waals surface area contributed by atoms with Crippen LogP contribution in [0.25, 0.3) is 0 Å². The average molecular weight is 779 g/mol. The van der Waals surface area contributed by atoms with Gasteiger partial charge < -0.3 is 10.2 Å². The zero-order valence-corrected chi connectivity index (χ0v) is 29.6. The highest BCUT2D eigenvalue weighted by Gasteiger charge is 2.36. The Bertz CT molecular complexity index is 1710. The zero-order valence-electron chi connectivity index (χ0n) is 25.1. The summed E-state index contributed by atoms with van der Waals surface area (Å²) in [5.41, 5.74) is 0.970. The normalized spacial score (nSPS) is 12.3. The van der Waals surface area contributed by atoms with Gasteiger partial charge in [0, 0.05) is 37.7 Å². The maximum absolute atomic E-state index is 14.6. The molecule has 0 radical (unpaired) electrons. The maximum atomic E-state index is 14.6. The van der Waals surface area contributed by atoms with E-state index in [9.17, 15) is 18.0 Å². The molecule has 1 N–H and O–H groups in total. The predicted molar refractivity (Wildman–Crippen MR) is 189 cm³/mol. The van der Waals surface area contributed by atoms with E-state index in [4.69, 9.17) is 23.2 Å². The van der Waals surface area contributed by atoms with E-state index >= 15 is 0 Å². The smallest absolute Gasteiger partial charge is 0.264 e. The number of rotatable bonds is 11. The summed E-state index contributed by atoms with van der Waals surface area (Å²) in [6, 6.07) is 28.1. The van der Waals surface area contributed by atoms with E-state index in [0.717, 1.165) is 13.4 Å². The van der Waals surface area contributed by atoms with Gasteiger partial charge in [0.1, 0.15) is 12.6 Å². The fourth-order valence-corrected chi connectivity index (χ4v) is 7.03. The topological polar surface area (TPSA) is 86.8 Å². The van der Waals surface area contributed by atoms with E-state index < -0.39 is 40.0 Å². The van der Waals surface area contributed by atoms with Crippen molar-refractivity contribution in [3.8, 4) is 0 Å². The Morgan fingerprint density at radius 2 is 1.38 bits per heavy atom. The Balaban J connectivity index is 1.84. The molecular weight excluding hydrogens is 744 g/mol. The lowest BCUT2D eigenvalue weighted by atomic mass is 10.0. The molecule has 1 unspecified atom stereocenters. The van der Waals surface area contributed by atoms with Crippen LogP contribution in [-0.2, 0) is 32.6 Å². The quantitative estimate of drug-likeness (QED) is 0.162. The fourth-order valence-electron chi connectivity index (χ4n) is 4.72. The lowest BCUT2D eigenvalue weighted by Gasteiger charge is -2.35. The molecule has 1 atom stereocenters. The van der Waals surface area contributed by atoms with Gasteiger partial charge in [-0.05, 0) is 97.5 Å². The van der Waals surface area contributed by atoms with Gasteiger partial charge >= 0.3 is 0 Å². The van der Waals surface area contributed by atoms with Gasteiger partial charge in [-0.2, -0.15) is 0 Å². The van der Waals surface area contributed by atoms with Crippen LogP contribution >= 0.6 is 45.8 Å². The molecular formula is C34H34Cl2IN3O4S. The fraction of sp³-hybridized carbons (Fsp3) is 0.235. The van der Waals surface area contributed by atoms with Crippen LogP contribution in [0.3, 0.4) is 0 Å². The molecule has 45 heavy (non-hydrogen) atoms. The Labute approximate surface area is 288 Å². The molecule has 0 saturated heterocycles. The SMILES string of the molecule is CC(C)(C)NC(=O)C(Cc1ccccc1)N(Cc1c(Cl)cccc1Cl)C(=O)CN(c1ccc(I)cc1)S(=O)(=O)c1ccccc1. The number of nitrogens with zero attached hydrogens (tertiary/aromatic N) is 2. The van der Waals surface area contributed by atoms with E-state index in [2.05, 4.69) is 27.9 Å². The summed E-state index contributed by atoms with van der Waals surface area (Å²) < 4.78 is 30.1. The summed E-state index contributed by atoms with van der Waals surface area (Å²) in [7, 11) is -4.19. The van der Waals surface area contributed by atoms with Gasteiger partial charge in [-0.25, -0.2) is 8.42 Å². The van der Waals surface area contributed by atoms with Crippen molar-refractivity contribution >= 4 is 73.3 Å². The van der Waals surface area contributed by atoms with Crippen molar-refractivity contribution in [2.75, 3.05) is 10.8 Å². The van der Waals surface area contributed by atoms with Crippen LogP contribution in [0.5, 0.6) is 0 Å². The molecule has 4 aromatic rings. The highest BCUT2D eigenvalue weighted by atomic mass is 127. The van der Waals surface area contributed by atoms with Crippen molar-refractivity contribution in [3.63, 3.8) is 0 Å². The van der Waals surface area contributed by atoms with Gasteiger partial charge in [0.25, 0.3) is 10.0 Å². The molecule has 4 aromatic carbocycles. The van der Waals surface area contributed by atoms with Gasteiger partial charge in [-0.1, -0.05) is 77.8 Å². The van der Waals surface area contributed by atoms with Crippen LogP contribution in [0.2, 0.25) is 10.0 Å². The summed E-state index contributed by atoms with van der Waals surface area (Å²) in [6.45, 7) is 4.86. The lowest BCUT2D eigenvalue weighted by Crippen LogP contribution is -2.56. The first-order valence-corrected chi connectivity index (χ1v) is 17.5. The van der Waals surface area contributed by atoms with Crippen LogP contribution in [0.4, 0.5) is 5.69 Å². The Morgan fingerprint density at radius 1 is 0.822 bits per heavy atom. The number of nitrogens with one attached hydrogen (secondary N) is 1. The molecule has 0 aromatic heterocycles. The van der Waals surface area contributed by atoms with Crippen LogP contribution in [0.15, 0.2) is 108 Å². The van der Waals surface area contributed by atoms with Crippen molar-refractivity contribution in [2.24, 2.45) is 0 Å². The molecule has 7 nitrogen and oxygen atoms in total. The summed E-state index contributed by atoms with van der Waals surface area (Å²) in [5, 5.41) is 3.65. The Morgan fingerprint density at radius 3 is 1.93 bits per heavy atom. The summed E-state index contributed by atoms with van der Waals surface area (Å²) in [4.78, 5) is 29.9. The number of hydrogen-bond acceptors (Lipinski definition) is 4. The van der Waals surface area contributed by atoms with Gasteiger partial charge in [-0.15, -0.1) is 0 Å². The highest BCUT2D eigenvalue weighted by molar-refractivity contribution is 14.1. The number of anilines is 1. The third kappa shape index (κ3) is 9.22. The van der Waals surface area contributed by atoms with E-state index in [1.807, 2.05) is 51.1 Å². The second-order valence-corrected chi connectivity index (χ2v) is 15.4. The monoisotopic (exact) mass is 777 g/mol. The van der Waals surface area contributed by atoms with Crippen molar-refractivity contribution in [1.82, 2.24) is 10.2 Å². The zero-order chi connectivity index (χ0) is 32.8. The standard InChI is InChI=1S/C34H34Cl2IN3O4S/c1-34(2,3)38-33(42)31(21-24-11-6-4-7-12-24)39(22-28-29(35)15-10-16-30(28)36)32(41)23-40(26-19-17-25(37)18-20-26)45(43,44)27-13-8-5-9-14-27/h4-20,31H,21-23H2,1-3H3,(H,38,42). The number of carbonyl (C=O) groups is 2. The Hall–Kier alpha value is -3.12. The molecule has 2 amide bonds. The number of carbonyl (C=O) groups excluding carboxylic acids is 2. The van der Waals surface area contributed by atoms with Gasteiger partial charge in [0.05, 0.1) is 10.6 Å². The first-order chi connectivity index (χ1) is 21.3.